The molecule has 0 radical (unpaired) electrons. The van der Waals surface area contributed by atoms with Gasteiger partial charge in [0.25, 0.3) is 0 Å². The molecule has 1 aliphatic carbocycles. The molecule has 2 heterocycles. The normalized spacial score (nSPS) is 34.8. The highest BCUT2D eigenvalue weighted by Gasteiger charge is 2.54. The van der Waals surface area contributed by atoms with Gasteiger partial charge < -0.3 is 14.0 Å². The average molecular weight is 294 g/mol. The quantitative estimate of drug-likeness (QED) is 0.689. The summed E-state index contributed by atoms with van der Waals surface area (Å²) in [7, 11) is -0.631. The first-order valence-corrected chi connectivity index (χ1v) is 7.74. The predicted molar refractivity (Wildman–Crippen MR) is 80.5 cm³/mol. The zero-order chi connectivity index (χ0) is 15.5. The molecule has 0 aromatic rings. The van der Waals surface area contributed by atoms with Gasteiger partial charge in [-0.25, -0.2) is 4.39 Å². The van der Waals surface area contributed by atoms with Crippen LogP contribution in [0.1, 0.15) is 53.9 Å². The molecule has 1 atom stereocenters. The first kappa shape index (κ1) is 15.3. The Kier molecular flexibility index (Phi) is 3.40. The molecule has 0 aromatic carbocycles. The molecule has 0 saturated carbocycles. The van der Waals surface area contributed by atoms with Gasteiger partial charge in [-0.3, -0.25) is 0 Å². The van der Waals surface area contributed by atoms with Crippen LogP contribution in [0, 0.1) is 0 Å². The van der Waals surface area contributed by atoms with Crippen LogP contribution >= 0.6 is 0 Å². The molecular formula is C16H24BFO3. The summed E-state index contributed by atoms with van der Waals surface area (Å²) in [4.78, 5) is 0. The van der Waals surface area contributed by atoms with Gasteiger partial charge in [0.2, 0.25) is 0 Å². The van der Waals surface area contributed by atoms with Gasteiger partial charge in [-0.15, -0.1) is 0 Å². The minimum absolute atomic E-state index is 0.179. The third kappa shape index (κ3) is 2.39. The van der Waals surface area contributed by atoms with Crippen LogP contribution in [0.5, 0.6) is 0 Å². The number of rotatable bonds is 1. The Hall–Kier alpha value is -0.645. The lowest BCUT2D eigenvalue weighted by Crippen LogP contribution is -2.41. The van der Waals surface area contributed by atoms with Crippen molar-refractivity contribution in [3.63, 3.8) is 0 Å². The second kappa shape index (κ2) is 4.67. The van der Waals surface area contributed by atoms with Crippen molar-refractivity contribution in [2.75, 3.05) is 6.61 Å². The summed E-state index contributed by atoms with van der Waals surface area (Å²) in [5, 5.41) is 0. The van der Waals surface area contributed by atoms with E-state index in [9.17, 15) is 4.39 Å². The minimum atomic E-state index is -0.631. The zero-order valence-corrected chi connectivity index (χ0v) is 13.6. The fraction of sp³-hybridized carbons (Fsp3) is 0.750. The molecule has 0 amide bonds. The Balaban J connectivity index is 1.90. The van der Waals surface area contributed by atoms with Gasteiger partial charge in [-0.05, 0) is 53.0 Å². The molecule has 0 N–H and O–H groups in total. The summed E-state index contributed by atoms with van der Waals surface area (Å²) in [5.74, 6) is -0.179. The van der Waals surface area contributed by atoms with Crippen molar-refractivity contribution in [3.8, 4) is 0 Å². The second-order valence-electron chi connectivity index (χ2n) is 7.48. The van der Waals surface area contributed by atoms with Gasteiger partial charge in [0.1, 0.15) is 5.83 Å². The maximum absolute atomic E-state index is 14.6. The molecule has 0 bridgehead atoms. The monoisotopic (exact) mass is 294 g/mol. The van der Waals surface area contributed by atoms with Gasteiger partial charge in [0.15, 0.2) is 0 Å². The van der Waals surface area contributed by atoms with Gasteiger partial charge in [-0.1, -0.05) is 6.08 Å². The van der Waals surface area contributed by atoms with Crippen LogP contribution in [-0.2, 0) is 14.0 Å². The summed E-state index contributed by atoms with van der Waals surface area (Å²) in [6.45, 7) is 10.6. The van der Waals surface area contributed by atoms with Gasteiger partial charge in [0.05, 0.1) is 16.8 Å². The van der Waals surface area contributed by atoms with Crippen LogP contribution in [0.2, 0.25) is 0 Å². The van der Waals surface area contributed by atoms with Crippen molar-refractivity contribution < 1.29 is 18.4 Å². The van der Waals surface area contributed by atoms with Crippen LogP contribution in [0.25, 0.3) is 0 Å². The van der Waals surface area contributed by atoms with Crippen LogP contribution in [-0.4, -0.2) is 30.5 Å². The summed E-state index contributed by atoms with van der Waals surface area (Å²) in [5.41, 5.74) is 0.294. The number of fused-ring (bicyclic) bond motifs is 1. The predicted octanol–water partition coefficient (Wildman–Crippen LogP) is 3.74. The van der Waals surface area contributed by atoms with E-state index in [0.29, 0.717) is 12.1 Å². The highest BCUT2D eigenvalue weighted by atomic mass is 19.1. The summed E-state index contributed by atoms with van der Waals surface area (Å²) in [6, 6.07) is 0. The molecular weight excluding hydrogens is 270 g/mol. The molecule has 2 fully saturated rings. The standard InChI is InChI=1S/C16H24BFO3/c1-14(2)15(3,4)21-17(20-14)12-9-11-7-6-8-19-16(11,5)10-13(12)18/h9H,6-8,10H2,1-5H3. The van der Waals surface area contributed by atoms with Crippen LogP contribution < -0.4 is 0 Å². The molecule has 3 nitrogen and oxygen atoms in total. The van der Waals surface area contributed by atoms with Crippen LogP contribution in [0.4, 0.5) is 4.39 Å². The second-order valence-corrected chi connectivity index (χ2v) is 7.48. The van der Waals surface area contributed by atoms with Gasteiger partial charge >= 0.3 is 7.12 Å². The zero-order valence-electron chi connectivity index (χ0n) is 13.6. The first-order valence-electron chi connectivity index (χ1n) is 7.74. The molecule has 3 aliphatic rings. The summed E-state index contributed by atoms with van der Waals surface area (Å²) in [6.07, 6.45) is 4.12. The molecule has 2 aliphatic heterocycles. The lowest BCUT2D eigenvalue weighted by atomic mass is 9.69. The molecule has 2 saturated heterocycles. The third-order valence-corrected chi connectivity index (χ3v) is 5.33. The number of allylic oxidation sites excluding steroid dienone is 2. The van der Waals surface area contributed by atoms with Crippen molar-refractivity contribution in [2.24, 2.45) is 0 Å². The van der Waals surface area contributed by atoms with Gasteiger partial charge in [-0.2, -0.15) is 0 Å². The molecule has 5 heteroatoms. The number of ether oxygens (including phenoxy) is 1. The fourth-order valence-corrected chi connectivity index (χ4v) is 3.14. The first-order chi connectivity index (χ1) is 9.65. The minimum Gasteiger partial charge on any atom is -0.399 e. The van der Waals surface area contributed by atoms with Crippen molar-refractivity contribution in [3.05, 3.63) is 22.9 Å². The van der Waals surface area contributed by atoms with Crippen molar-refractivity contribution in [2.45, 2.75) is 70.7 Å². The largest absolute Gasteiger partial charge is 0.497 e. The van der Waals surface area contributed by atoms with E-state index >= 15 is 0 Å². The molecule has 1 unspecified atom stereocenters. The van der Waals surface area contributed by atoms with E-state index in [0.717, 1.165) is 18.4 Å². The van der Waals surface area contributed by atoms with E-state index in [1.807, 2.05) is 40.7 Å². The third-order valence-electron chi connectivity index (χ3n) is 5.33. The molecule has 3 rings (SSSR count). The summed E-state index contributed by atoms with van der Waals surface area (Å²) < 4.78 is 32.4. The summed E-state index contributed by atoms with van der Waals surface area (Å²) >= 11 is 0. The highest BCUT2D eigenvalue weighted by molar-refractivity contribution is 6.55. The van der Waals surface area contributed by atoms with Crippen molar-refractivity contribution in [1.82, 2.24) is 0 Å². The number of halogens is 1. The fourth-order valence-electron chi connectivity index (χ4n) is 3.14. The number of hydrogen-bond acceptors (Lipinski definition) is 3. The molecule has 0 spiro atoms. The Bertz CT molecular complexity index is 508. The molecule has 116 valence electrons. The Morgan fingerprint density at radius 1 is 1.10 bits per heavy atom. The number of hydrogen-bond donors (Lipinski definition) is 0. The lowest BCUT2D eigenvalue weighted by molar-refractivity contribution is -0.0297. The maximum Gasteiger partial charge on any atom is 0.497 e. The Labute approximate surface area is 126 Å². The SMILES string of the molecule is CC12CC(F)=C(B3OC(C)(C)C(C)(C)O3)C=C1CCCO2. The van der Waals surface area contributed by atoms with E-state index in [4.69, 9.17) is 14.0 Å². The highest BCUT2D eigenvalue weighted by Crippen LogP contribution is 2.45. The average Bonchev–Trinajstić information content (AvgIpc) is 2.56. The lowest BCUT2D eigenvalue weighted by Gasteiger charge is -2.39. The van der Waals surface area contributed by atoms with Crippen LogP contribution in [0.3, 0.4) is 0 Å². The van der Waals surface area contributed by atoms with E-state index in [1.165, 1.54) is 0 Å². The van der Waals surface area contributed by atoms with E-state index in [2.05, 4.69) is 0 Å². The van der Waals surface area contributed by atoms with Crippen LogP contribution in [0.15, 0.2) is 22.9 Å². The molecule has 21 heavy (non-hydrogen) atoms. The maximum atomic E-state index is 14.6. The Morgan fingerprint density at radius 2 is 1.71 bits per heavy atom. The topological polar surface area (TPSA) is 27.7 Å². The van der Waals surface area contributed by atoms with Gasteiger partial charge in [0, 0.05) is 18.5 Å². The van der Waals surface area contributed by atoms with E-state index in [-0.39, 0.29) is 12.2 Å². The van der Waals surface area contributed by atoms with E-state index < -0.39 is 23.9 Å². The van der Waals surface area contributed by atoms with Crippen molar-refractivity contribution in [1.29, 1.82) is 0 Å². The van der Waals surface area contributed by atoms with Crippen molar-refractivity contribution >= 4 is 7.12 Å². The Morgan fingerprint density at radius 3 is 2.33 bits per heavy atom. The molecule has 0 aromatic heterocycles. The van der Waals surface area contributed by atoms with E-state index in [1.54, 1.807) is 0 Å². The smallest absolute Gasteiger partial charge is 0.399 e.